The highest BCUT2D eigenvalue weighted by Gasteiger charge is 2.31. The lowest BCUT2D eigenvalue weighted by Gasteiger charge is -2.37. The lowest BCUT2D eigenvalue weighted by atomic mass is 9.90. The molecule has 4 N–H and O–H groups in total. The van der Waals surface area contributed by atoms with Gasteiger partial charge in [-0.15, -0.1) is 24.8 Å². The van der Waals surface area contributed by atoms with E-state index in [9.17, 15) is 9.59 Å². The van der Waals surface area contributed by atoms with Crippen molar-refractivity contribution in [3.8, 4) is 0 Å². The number of nitrogen functional groups attached to an aromatic ring is 1. The molecule has 1 aromatic heterocycles. The number of nitrogens with zero attached hydrogens (tertiary/aromatic N) is 3. The number of hydrogen-bond donors (Lipinski definition) is 3. The van der Waals surface area contributed by atoms with E-state index < -0.39 is 5.97 Å². The number of carboxylic acid groups (broad SMARTS) is 1. The van der Waals surface area contributed by atoms with Crippen LogP contribution in [0.1, 0.15) is 37.7 Å². The van der Waals surface area contributed by atoms with E-state index >= 15 is 0 Å². The Morgan fingerprint density at radius 1 is 1.10 bits per heavy atom. The molecular formula is C19H29Cl2N5O3. The minimum atomic E-state index is -0.753. The molecule has 0 radical (unpaired) electrons. The second-order valence-electron chi connectivity index (χ2n) is 7.45. The summed E-state index contributed by atoms with van der Waals surface area (Å²) in [5, 5.41) is 16.3. The average Bonchev–Trinajstić information content (AvgIpc) is 2.68. The number of amides is 1. The number of amidine groups is 1. The summed E-state index contributed by atoms with van der Waals surface area (Å²) in [6.45, 7) is 2.90. The van der Waals surface area contributed by atoms with Crippen molar-refractivity contribution in [3.05, 3.63) is 23.9 Å². The molecule has 8 nitrogen and oxygen atoms in total. The first-order valence-electron chi connectivity index (χ1n) is 9.50. The molecule has 0 atom stereocenters. The smallest absolute Gasteiger partial charge is 0.303 e. The molecule has 0 aromatic carbocycles. The van der Waals surface area contributed by atoms with Crippen LogP contribution >= 0.6 is 24.8 Å². The van der Waals surface area contributed by atoms with Crippen molar-refractivity contribution in [2.75, 3.05) is 31.1 Å². The van der Waals surface area contributed by atoms with Crippen LogP contribution in [0, 0.1) is 17.2 Å². The van der Waals surface area contributed by atoms with Crippen LogP contribution in [0.2, 0.25) is 0 Å². The number of aromatic nitrogens is 1. The summed E-state index contributed by atoms with van der Waals surface area (Å²) in [5.41, 5.74) is 6.06. The van der Waals surface area contributed by atoms with E-state index in [2.05, 4.69) is 9.88 Å². The van der Waals surface area contributed by atoms with Gasteiger partial charge >= 0.3 is 5.97 Å². The number of rotatable bonds is 5. The van der Waals surface area contributed by atoms with Crippen LogP contribution in [0.5, 0.6) is 0 Å². The molecule has 3 rings (SSSR count). The number of halogens is 2. The van der Waals surface area contributed by atoms with Gasteiger partial charge in [-0.05, 0) is 43.7 Å². The molecule has 0 unspecified atom stereocenters. The molecule has 2 aliphatic heterocycles. The van der Waals surface area contributed by atoms with Crippen LogP contribution < -0.4 is 10.6 Å². The molecule has 162 valence electrons. The molecular weight excluding hydrogens is 417 g/mol. The molecule has 1 amide bonds. The number of hydrogen-bond acceptors (Lipinski definition) is 5. The zero-order valence-corrected chi connectivity index (χ0v) is 17.9. The molecule has 0 spiro atoms. The molecule has 2 aliphatic rings. The van der Waals surface area contributed by atoms with Crippen molar-refractivity contribution in [1.82, 2.24) is 9.88 Å². The molecule has 2 saturated heterocycles. The SMILES string of the molecule is Cl.Cl.N=C(N)c1ccc(N2CCC(C(=O)N3CCC(CC(=O)O)CC3)CC2)nc1. The summed E-state index contributed by atoms with van der Waals surface area (Å²) >= 11 is 0. The predicted molar refractivity (Wildman–Crippen MR) is 116 cm³/mol. The third kappa shape index (κ3) is 6.47. The van der Waals surface area contributed by atoms with Gasteiger partial charge in [-0.2, -0.15) is 0 Å². The maximum atomic E-state index is 12.8. The van der Waals surface area contributed by atoms with E-state index in [4.69, 9.17) is 16.2 Å². The lowest BCUT2D eigenvalue weighted by Crippen LogP contribution is -2.45. The number of nitrogens with two attached hydrogens (primary N) is 1. The van der Waals surface area contributed by atoms with Crippen molar-refractivity contribution in [3.63, 3.8) is 0 Å². The fourth-order valence-corrected chi connectivity index (χ4v) is 3.95. The Morgan fingerprint density at radius 3 is 2.21 bits per heavy atom. The predicted octanol–water partition coefficient (Wildman–Crippen LogP) is 2.14. The summed E-state index contributed by atoms with van der Waals surface area (Å²) in [4.78, 5) is 32.1. The second-order valence-corrected chi connectivity index (χ2v) is 7.45. The average molecular weight is 446 g/mol. The van der Waals surface area contributed by atoms with Gasteiger partial charge in [-0.3, -0.25) is 15.0 Å². The van der Waals surface area contributed by atoms with Gasteiger partial charge in [0, 0.05) is 50.3 Å². The number of likely N-dealkylation sites (tertiary alicyclic amines) is 1. The normalized spacial score (nSPS) is 17.8. The van der Waals surface area contributed by atoms with Gasteiger partial charge in [-0.1, -0.05) is 0 Å². The van der Waals surface area contributed by atoms with Gasteiger partial charge in [-0.25, -0.2) is 4.98 Å². The van der Waals surface area contributed by atoms with Gasteiger partial charge in [0.05, 0.1) is 0 Å². The Balaban J connectivity index is 0.00000210. The molecule has 10 heteroatoms. The first-order valence-corrected chi connectivity index (χ1v) is 9.50. The molecule has 1 aromatic rings. The van der Waals surface area contributed by atoms with Crippen molar-refractivity contribution < 1.29 is 14.7 Å². The Morgan fingerprint density at radius 2 is 1.72 bits per heavy atom. The fraction of sp³-hybridized carbons (Fsp3) is 0.579. The fourth-order valence-electron chi connectivity index (χ4n) is 3.95. The number of carbonyl (C=O) groups is 2. The zero-order chi connectivity index (χ0) is 19.4. The van der Waals surface area contributed by atoms with E-state index in [1.54, 1.807) is 12.3 Å². The van der Waals surface area contributed by atoms with E-state index in [1.165, 1.54) is 0 Å². The highest BCUT2D eigenvalue weighted by molar-refractivity contribution is 5.94. The molecule has 29 heavy (non-hydrogen) atoms. The highest BCUT2D eigenvalue weighted by Crippen LogP contribution is 2.26. The molecule has 0 aliphatic carbocycles. The van der Waals surface area contributed by atoms with Crippen LogP contribution in [-0.2, 0) is 9.59 Å². The maximum Gasteiger partial charge on any atom is 0.303 e. The Hall–Kier alpha value is -2.06. The van der Waals surface area contributed by atoms with Crippen LogP contribution in [0.3, 0.4) is 0 Å². The lowest BCUT2D eigenvalue weighted by molar-refractivity contribution is -0.139. The minimum Gasteiger partial charge on any atom is -0.481 e. The Bertz CT molecular complexity index is 700. The monoisotopic (exact) mass is 445 g/mol. The van der Waals surface area contributed by atoms with Crippen LogP contribution in [0.4, 0.5) is 5.82 Å². The molecule has 3 heterocycles. The molecule has 0 bridgehead atoms. The van der Waals surface area contributed by atoms with E-state index in [-0.39, 0.29) is 54.8 Å². The van der Waals surface area contributed by atoms with Crippen LogP contribution in [0.15, 0.2) is 18.3 Å². The topological polar surface area (TPSA) is 124 Å². The molecule has 2 fully saturated rings. The summed E-state index contributed by atoms with van der Waals surface area (Å²) in [7, 11) is 0. The van der Waals surface area contributed by atoms with Crippen molar-refractivity contribution >= 4 is 48.3 Å². The number of pyridine rings is 1. The molecule has 0 saturated carbocycles. The first kappa shape index (κ1) is 25.0. The van der Waals surface area contributed by atoms with E-state index in [0.29, 0.717) is 18.7 Å². The van der Waals surface area contributed by atoms with Crippen molar-refractivity contribution in [2.24, 2.45) is 17.6 Å². The third-order valence-electron chi connectivity index (χ3n) is 5.62. The number of carbonyl (C=O) groups excluding carboxylic acids is 1. The summed E-state index contributed by atoms with van der Waals surface area (Å²) < 4.78 is 0. The van der Waals surface area contributed by atoms with Gasteiger partial charge < -0.3 is 20.6 Å². The summed E-state index contributed by atoms with van der Waals surface area (Å²) in [6.07, 6.45) is 4.96. The minimum absolute atomic E-state index is 0. The number of piperidine rings is 2. The largest absolute Gasteiger partial charge is 0.481 e. The number of nitrogens with one attached hydrogen (secondary N) is 1. The van der Waals surface area contributed by atoms with E-state index in [0.717, 1.165) is 44.6 Å². The number of aliphatic carboxylic acids is 1. The quantitative estimate of drug-likeness (QED) is 0.470. The highest BCUT2D eigenvalue weighted by atomic mass is 35.5. The van der Waals surface area contributed by atoms with Crippen molar-refractivity contribution in [1.29, 1.82) is 5.41 Å². The van der Waals surface area contributed by atoms with Gasteiger partial charge in [0.2, 0.25) is 5.91 Å². The first-order chi connectivity index (χ1) is 12.9. The van der Waals surface area contributed by atoms with Crippen LogP contribution in [0.25, 0.3) is 0 Å². The van der Waals surface area contributed by atoms with Crippen molar-refractivity contribution in [2.45, 2.75) is 32.1 Å². The second kappa shape index (κ2) is 11.2. The van der Waals surface area contributed by atoms with Gasteiger partial charge in [0.1, 0.15) is 11.7 Å². The van der Waals surface area contributed by atoms with E-state index in [1.807, 2.05) is 11.0 Å². The van der Waals surface area contributed by atoms with Gasteiger partial charge in [0.15, 0.2) is 0 Å². The number of anilines is 1. The van der Waals surface area contributed by atoms with Crippen LogP contribution in [-0.4, -0.2) is 58.9 Å². The number of carboxylic acids is 1. The van der Waals surface area contributed by atoms with Gasteiger partial charge in [0.25, 0.3) is 0 Å². The summed E-state index contributed by atoms with van der Waals surface area (Å²) in [6, 6.07) is 3.66. The summed E-state index contributed by atoms with van der Waals surface area (Å²) in [5.74, 6) is 0.539. The third-order valence-corrected chi connectivity index (χ3v) is 5.62. The zero-order valence-electron chi connectivity index (χ0n) is 16.2. The maximum absolute atomic E-state index is 12.8. The standard InChI is InChI=1S/C19H27N5O3.2ClH/c20-18(21)15-1-2-16(22-12-15)23-9-5-14(6-10-23)19(27)24-7-3-13(4-8-24)11-17(25)26;;/h1-2,12-14H,3-11H2,(H3,20,21)(H,25,26);2*1H. The Kier molecular flexibility index (Phi) is 9.65. The Labute approximate surface area is 183 Å².